The lowest BCUT2D eigenvalue weighted by Gasteiger charge is -2.24. The van der Waals surface area contributed by atoms with Crippen molar-refractivity contribution in [3.8, 4) is 0 Å². The van der Waals surface area contributed by atoms with Gasteiger partial charge in [0.15, 0.2) is 0 Å². The molecule has 1 fully saturated rings. The third kappa shape index (κ3) is 0.645. The number of rotatable bonds is 0. The van der Waals surface area contributed by atoms with Gasteiger partial charge in [0.1, 0.15) is 0 Å². The van der Waals surface area contributed by atoms with Gasteiger partial charge in [0.25, 0.3) is 0 Å². The van der Waals surface area contributed by atoms with Crippen molar-refractivity contribution in [1.82, 2.24) is 0 Å². The van der Waals surface area contributed by atoms with Gasteiger partial charge in [0.2, 0.25) is 0 Å². The Morgan fingerprint density at radius 3 is 2.56 bits per heavy atom. The topological polar surface area (TPSA) is 20.2 Å². The summed E-state index contributed by atoms with van der Waals surface area (Å²) in [6, 6.07) is 0. The lowest BCUT2D eigenvalue weighted by Crippen LogP contribution is -2.28. The first-order chi connectivity index (χ1) is 4.18. The van der Waals surface area contributed by atoms with Crippen molar-refractivity contribution in [3.63, 3.8) is 0 Å². The molecule has 0 aromatic heterocycles. The quantitative estimate of drug-likeness (QED) is 0.483. The summed E-state index contributed by atoms with van der Waals surface area (Å²) >= 11 is 0. The van der Waals surface area contributed by atoms with Crippen LogP contribution in [0.15, 0.2) is 12.2 Å². The van der Waals surface area contributed by atoms with E-state index in [4.69, 9.17) is 0 Å². The Bertz CT molecular complexity index is 158. The predicted octanol–water partition coefficient (Wildman–Crippen LogP) is 1.33. The van der Waals surface area contributed by atoms with Gasteiger partial charge >= 0.3 is 0 Å². The molecule has 0 saturated heterocycles. The van der Waals surface area contributed by atoms with E-state index < -0.39 is 0 Å². The molecule has 0 heterocycles. The van der Waals surface area contributed by atoms with E-state index in [1.165, 1.54) is 6.42 Å². The van der Waals surface area contributed by atoms with Crippen molar-refractivity contribution < 1.29 is 5.11 Å². The SMILES string of the molecule is C[C@]1(O)CC2C=CC1C2. The summed E-state index contributed by atoms with van der Waals surface area (Å²) < 4.78 is 0. The molecule has 1 saturated carbocycles. The molecule has 2 aliphatic rings. The summed E-state index contributed by atoms with van der Waals surface area (Å²) in [5.74, 6) is 1.15. The van der Waals surface area contributed by atoms with Crippen molar-refractivity contribution >= 4 is 0 Å². The van der Waals surface area contributed by atoms with Gasteiger partial charge in [-0.2, -0.15) is 0 Å². The molecule has 2 unspecified atom stereocenters. The van der Waals surface area contributed by atoms with E-state index in [1.807, 2.05) is 6.92 Å². The number of allylic oxidation sites excluding steroid dienone is 1. The van der Waals surface area contributed by atoms with Crippen LogP contribution in [0.5, 0.6) is 0 Å². The molecule has 50 valence electrons. The van der Waals surface area contributed by atoms with Gasteiger partial charge in [0.05, 0.1) is 5.60 Å². The number of aliphatic hydroxyl groups is 1. The Morgan fingerprint density at radius 2 is 2.33 bits per heavy atom. The molecule has 2 aliphatic carbocycles. The molecule has 0 spiro atoms. The zero-order chi connectivity index (χ0) is 6.48. The normalized spacial score (nSPS) is 54.9. The summed E-state index contributed by atoms with van der Waals surface area (Å²) in [5, 5.41) is 9.63. The van der Waals surface area contributed by atoms with Crippen LogP contribution < -0.4 is 0 Å². The van der Waals surface area contributed by atoms with E-state index in [2.05, 4.69) is 12.2 Å². The van der Waals surface area contributed by atoms with Gasteiger partial charge in [-0.05, 0) is 25.7 Å². The molecular weight excluding hydrogens is 112 g/mol. The van der Waals surface area contributed by atoms with Crippen molar-refractivity contribution in [1.29, 1.82) is 0 Å². The highest BCUT2D eigenvalue weighted by Crippen LogP contribution is 2.45. The molecule has 0 aliphatic heterocycles. The van der Waals surface area contributed by atoms with Gasteiger partial charge in [0, 0.05) is 5.92 Å². The van der Waals surface area contributed by atoms with Crippen LogP contribution in [-0.2, 0) is 0 Å². The molecule has 1 heteroatoms. The molecule has 0 amide bonds. The fourth-order valence-corrected chi connectivity index (χ4v) is 2.07. The van der Waals surface area contributed by atoms with E-state index in [0.717, 1.165) is 6.42 Å². The van der Waals surface area contributed by atoms with Crippen LogP contribution in [0.2, 0.25) is 0 Å². The molecule has 1 N–H and O–H groups in total. The van der Waals surface area contributed by atoms with E-state index in [0.29, 0.717) is 11.8 Å². The van der Waals surface area contributed by atoms with Crippen LogP contribution in [0.25, 0.3) is 0 Å². The summed E-state index contributed by atoms with van der Waals surface area (Å²) in [6.07, 6.45) is 6.57. The predicted molar refractivity (Wildman–Crippen MR) is 36.0 cm³/mol. The second kappa shape index (κ2) is 1.40. The monoisotopic (exact) mass is 124 g/mol. The second-order valence-corrected chi connectivity index (χ2v) is 3.55. The maximum absolute atomic E-state index is 9.63. The van der Waals surface area contributed by atoms with Crippen LogP contribution >= 0.6 is 0 Å². The highest BCUT2D eigenvalue weighted by atomic mass is 16.3. The second-order valence-electron chi connectivity index (χ2n) is 3.55. The number of hydrogen-bond donors (Lipinski definition) is 1. The minimum absolute atomic E-state index is 0.376. The van der Waals surface area contributed by atoms with Crippen LogP contribution in [0.3, 0.4) is 0 Å². The molecule has 3 atom stereocenters. The first kappa shape index (κ1) is 5.48. The first-order valence-corrected chi connectivity index (χ1v) is 3.59. The number of hydrogen-bond acceptors (Lipinski definition) is 1. The Labute approximate surface area is 55.4 Å². The van der Waals surface area contributed by atoms with E-state index >= 15 is 0 Å². The zero-order valence-electron chi connectivity index (χ0n) is 5.67. The molecule has 1 nitrogen and oxygen atoms in total. The highest BCUT2D eigenvalue weighted by molar-refractivity contribution is 5.15. The molecule has 2 bridgehead atoms. The molecular formula is C8H12O. The summed E-state index contributed by atoms with van der Waals surface area (Å²) in [4.78, 5) is 0. The standard InChI is InChI=1S/C8H12O/c1-8(9)5-6-2-3-7(8)4-6/h2-3,6-7,9H,4-5H2,1H3/t6?,7?,8-/m0/s1. The molecule has 0 radical (unpaired) electrons. The zero-order valence-corrected chi connectivity index (χ0v) is 5.67. The largest absolute Gasteiger partial charge is 0.390 e. The van der Waals surface area contributed by atoms with Gasteiger partial charge in [-0.1, -0.05) is 12.2 Å². The fraction of sp³-hybridized carbons (Fsp3) is 0.750. The Kier molecular flexibility index (Phi) is 0.854. The molecule has 0 aromatic carbocycles. The van der Waals surface area contributed by atoms with Gasteiger partial charge < -0.3 is 5.11 Å². The fourth-order valence-electron chi connectivity index (χ4n) is 2.07. The average Bonchev–Trinajstić information content (AvgIpc) is 2.19. The summed E-state index contributed by atoms with van der Waals surface area (Å²) in [5.41, 5.74) is -0.376. The highest BCUT2D eigenvalue weighted by Gasteiger charge is 2.43. The smallest absolute Gasteiger partial charge is 0.0687 e. The first-order valence-electron chi connectivity index (χ1n) is 3.59. The minimum atomic E-state index is -0.376. The summed E-state index contributed by atoms with van der Waals surface area (Å²) in [7, 11) is 0. The van der Waals surface area contributed by atoms with Crippen molar-refractivity contribution in [2.24, 2.45) is 11.8 Å². The average molecular weight is 124 g/mol. The van der Waals surface area contributed by atoms with Gasteiger partial charge in [-0.25, -0.2) is 0 Å². The molecule has 2 rings (SSSR count). The van der Waals surface area contributed by atoms with Crippen molar-refractivity contribution in [2.75, 3.05) is 0 Å². The maximum Gasteiger partial charge on any atom is 0.0687 e. The summed E-state index contributed by atoms with van der Waals surface area (Å²) in [6.45, 7) is 1.95. The lowest BCUT2D eigenvalue weighted by atomic mass is 9.91. The maximum atomic E-state index is 9.63. The Balaban J connectivity index is 2.29. The van der Waals surface area contributed by atoms with E-state index in [1.54, 1.807) is 0 Å². The Morgan fingerprint density at radius 1 is 1.56 bits per heavy atom. The van der Waals surface area contributed by atoms with Crippen molar-refractivity contribution in [2.45, 2.75) is 25.4 Å². The minimum Gasteiger partial charge on any atom is -0.390 e. The van der Waals surface area contributed by atoms with E-state index in [-0.39, 0.29) is 5.60 Å². The third-order valence-electron chi connectivity index (χ3n) is 2.65. The van der Waals surface area contributed by atoms with Gasteiger partial charge in [-0.15, -0.1) is 0 Å². The third-order valence-corrected chi connectivity index (χ3v) is 2.65. The van der Waals surface area contributed by atoms with Crippen molar-refractivity contribution in [3.05, 3.63) is 12.2 Å². The molecule has 0 aromatic rings. The van der Waals surface area contributed by atoms with Crippen LogP contribution in [0, 0.1) is 11.8 Å². The van der Waals surface area contributed by atoms with Crippen LogP contribution in [-0.4, -0.2) is 10.7 Å². The molecule has 9 heavy (non-hydrogen) atoms. The van der Waals surface area contributed by atoms with Crippen LogP contribution in [0.4, 0.5) is 0 Å². The van der Waals surface area contributed by atoms with Gasteiger partial charge in [-0.3, -0.25) is 0 Å². The lowest BCUT2D eigenvalue weighted by molar-refractivity contribution is 0.0344. The van der Waals surface area contributed by atoms with Crippen LogP contribution in [0.1, 0.15) is 19.8 Å². The van der Waals surface area contributed by atoms with E-state index in [9.17, 15) is 5.11 Å². The Hall–Kier alpha value is -0.300. The number of fused-ring (bicyclic) bond motifs is 2.